The van der Waals surface area contributed by atoms with Crippen LogP contribution in [0.5, 0.6) is 5.75 Å². The van der Waals surface area contributed by atoms with Crippen LogP contribution in [0.1, 0.15) is 73.3 Å². The molecule has 0 N–H and O–H groups in total. The fraction of sp³-hybridized carbons (Fsp3) is 0.500. The Labute approximate surface area is 196 Å². The monoisotopic (exact) mass is 445 g/mol. The number of ether oxygens (including phenoxy) is 1. The molecule has 0 spiro atoms. The minimum Gasteiger partial charge on any atom is -0.493 e. The lowest BCUT2D eigenvalue weighted by Gasteiger charge is -2.23. The van der Waals surface area contributed by atoms with E-state index in [-0.39, 0.29) is 5.91 Å². The van der Waals surface area contributed by atoms with E-state index in [1.165, 1.54) is 43.2 Å². The van der Waals surface area contributed by atoms with E-state index in [9.17, 15) is 4.79 Å². The molecule has 5 nitrogen and oxygen atoms in total. The number of fused-ring (bicyclic) bond motifs is 2. The highest BCUT2D eigenvalue weighted by molar-refractivity contribution is 5.97. The molecule has 0 radical (unpaired) electrons. The summed E-state index contributed by atoms with van der Waals surface area (Å²) in [6.45, 7) is 7.29. The minimum absolute atomic E-state index is 0.0869. The molecule has 2 aliphatic rings. The standard InChI is InChI=1S/C28H35N3O2/c1-3-30(4-2)28(32)23-11-12-25-24(18-23)29-27(31(25)19-20-8-6-5-7-9-20)17-21-10-13-26-22(16-21)14-15-33-26/h10-13,16,18,20H,3-9,14-15,17,19H2,1-2H3. The summed E-state index contributed by atoms with van der Waals surface area (Å²) in [4.78, 5) is 19.9. The van der Waals surface area contributed by atoms with E-state index in [0.29, 0.717) is 5.92 Å². The zero-order valence-corrected chi connectivity index (χ0v) is 20.0. The average molecular weight is 446 g/mol. The van der Waals surface area contributed by atoms with Gasteiger partial charge in [0, 0.05) is 38.0 Å². The molecular formula is C28H35N3O2. The second-order valence-corrected chi connectivity index (χ2v) is 9.54. The van der Waals surface area contributed by atoms with E-state index in [1.807, 2.05) is 30.9 Å². The van der Waals surface area contributed by atoms with Gasteiger partial charge >= 0.3 is 0 Å². The highest BCUT2D eigenvalue weighted by Gasteiger charge is 2.21. The summed E-state index contributed by atoms with van der Waals surface area (Å²) in [6.07, 6.45) is 8.41. The largest absolute Gasteiger partial charge is 0.493 e. The third-order valence-electron chi connectivity index (χ3n) is 7.41. The van der Waals surface area contributed by atoms with Crippen molar-refractivity contribution in [2.45, 2.75) is 65.3 Å². The molecule has 5 heteroatoms. The first-order chi connectivity index (χ1) is 16.2. The van der Waals surface area contributed by atoms with E-state index in [2.05, 4.69) is 28.8 Å². The quantitative estimate of drug-likeness (QED) is 0.474. The lowest BCUT2D eigenvalue weighted by Crippen LogP contribution is -2.30. The van der Waals surface area contributed by atoms with Crippen LogP contribution in [0.25, 0.3) is 11.0 Å². The van der Waals surface area contributed by atoms with Gasteiger partial charge < -0.3 is 14.2 Å². The maximum atomic E-state index is 12.9. The number of hydrogen-bond donors (Lipinski definition) is 0. The van der Waals surface area contributed by atoms with Gasteiger partial charge in [-0.05, 0) is 68.0 Å². The van der Waals surface area contributed by atoms with Gasteiger partial charge in [0.15, 0.2) is 0 Å². The third kappa shape index (κ3) is 4.50. The van der Waals surface area contributed by atoms with Crippen LogP contribution in [0.2, 0.25) is 0 Å². The topological polar surface area (TPSA) is 47.4 Å². The summed E-state index contributed by atoms with van der Waals surface area (Å²) < 4.78 is 8.12. The molecule has 5 rings (SSSR count). The van der Waals surface area contributed by atoms with Crippen LogP contribution in [-0.2, 0) is 19.4 Å². The van der Waals surface area contributed by atoms with E-state index in [4.69, 9.17) is 9.72 Å². The van der Waals surface area contributed by atoms with Gasteiger partial charge in [-0.15, -0.1) is 0 Å². The lowest BCUT2D eigenvalue weighted by molar-refractivity contribution is 0.0773. The van der Waals surface area contributed by atoms with Crippen molar-refractivity contribution in [2.24, 2.45) is 5.92 Å². The molecule has 0 saturated heterocycles. The molecule has 1 aromatic heterocycles. The lowest BCUT2D eigenvalue weighted by atomic mass is 9.89. The Morgan fingerprint density at radius 3 is 2.70 bits per heavy atom. The Kier molecular flexibility index (Phi) is 6.39. The van der Waals surface area contributed by atoms with Gasteiger partial charge in [-0.2, -0.15) is 0 Å². The van der Waals surface area contributed by atoms with Crippen molar-refractivity contribution in [1.29, 1.82) is 0 Å². The first-order valence-corrected chi connectivity index (χ1v) is 12.7. The van der Waals surface area contributed by atoms with Crippen molar-refractivity contribution in [1.82, 2.24) is 14.5 Å². The van der Waals surface area contributed by atoms with Crippen molar-refractivity contribution in [3.63, 3.8) is 0 Å². The second-order valence-electron chi connectivity index (χ2n) is 9.54. The Bertz CT molecular complexity index is 1140. The molecule has 1 fully saturated rings. The summed E-state index contributed by atoms with van der Waals surface area (Å²) in [7, 11) is 0. The summed E-state index contributed by atoms with van der Waals surface area (Å²) in [5.41, 5.74) is 5.39. The molecule has 1 aliphatic carbocycles. The molecule has 3 aromatic rings. The van der Waals surface area contributed by atoms with Gasteiger partial charge in [-0.25, -0.2) is 4.98 Å². The van der Waals surface area contributed by atoms with E-state index < -0.39 is 0 Å². The van der Waals surface area contributed by atoms with Crippen LogP contribution in [-0.4, -0.2) is 40.1 Å². The highest BCUT2D eigenvalue weighted by Crippen LogP contribution is 2.30. The summed E-state index contributed by atoms with van der Waals surface area (Å²) in [5, 5.41) is 0. The zero-order valence-electron chi connectivity index (χ0n) is 20.0. The molecule has 33 heavy (non-hydrogen) atoms. The molecule has 1 amide bonds. The van der Waals surface area contributed by atoms with Crippen molar-refractivity contribution in [2.75, 3.05) is 19.7 Å². The number of rotatable bonds is 7. The summed E-state index contributed by atoms with van der Waals surface area (Å²) in [5.74, 6) is 2.92. The van der Waals surface area contributed by atoms with Crippen LogP contribution < -0.4 is 4.74 Å². The summed E-state index contributed by atoms with van der Waals surface area (Å²) >= 11 is 0. The molecule has 2 aromatic carbocycles. The molecule has 0 atom stereocenters. The van der Waals surface area contributed by atoms with Gasteiger partial charge in [0.25, 0.3) is 5.91 Å². The predicted molar refractivity (Wildman–Crippen MR) is 132 cm³/mol. The zero-order chi connectivity index (χ0) is 22.8. The fourth-order valence-corrected chi connectivity index (χ4v) is 5.51. The van der Waals surface area contributed by atoms with Gasteiger partial charge in [0.2, 0.25) is 0 Å². The molecular weight excluding hydrogens is 410 g/mol. The number of hydrogen-bond acceptors (Lipinski definition) is 3. The van der Waals surface area contributed by atoms with Crippen molar-refractivity contribution in [3.8, 4) is 5.75 Å². The van der Waals surface area contributed by atoms with Crippen molar-refractivity contribution < 1.29 is 9.53 Å². The molecule has 0 unspecified atom stereocenters. The molecule has 0 bridgehead atoms. The first-order valence-electron chi connectivity index (χ1n) is 12.7. The average Bonchev–Trinajstić information content (AvgIpc) is 3.44. The van der Waals surface area contributed by atoms with Crippen molar-refractivity contribution >= 4 is 16.9 Å². The van der Waals surface area contributed by atoms with Crippen LogP contribution >= 0.6 is 0 Å². The van der Waals surface area contributed by atoms with E-state index >= 15 is 0 Å². The Morgan fingerprint density at radius 2 is 1.91 bits per heavy atom. The number of nitrogens with zero attached hydrogens (tertiary/aromatic N) is 3. The Hall–Kier alpha value is -2.82. The Morgan fingerprint density at radius 1 is 1.09 bits per heavy atom. The normalized spacial score (nSPS) is 16.1. The van der Waals surface area contributed by atoms with Crippen LogP contribution in [0.15, 0.2) is 36.4 Å². The fourth-order valence-electron chi connectivity index (χ4n) is 5.51. The second kappa shape index (κ2) is 9.58. The molecule has 174 valence electrons. The van der Waals surface area contributed by atoms with E-state index in [1.54, 1.807) is 0 Å². The van der Waals surface area contributed by atoms with Crippen molar-refractivity contribution in [3.05, 3.63) is 58.9 Å². The van der Waals surface area contributed by atoms with Gasteiger partial charge in [0.1, 0.15) is 11.6 Å². The Balaban J connectivity index is 1.50. The van der Waals surface area contributed by atoms with Crippen LogP contribution in [0, 0.1) is 5.92 Å². The molecule has 1 saturated carbocycles. The number of benzene rings is 2. The van der Waals surface area contributed by atoms with E-state index in [0.717, 1.165) is 67.3 Å². The minimum atomic E-state index is 0.0869. The maximum absolute atomic E-state index is 12.9. The first kappa shape index (κ1) is 22.0. The summed E-state index contributed by atoms with van der Waals surface area (Å²) in [6, 6.07) is 12.6. The molecule has 1 aliphatic heterocycles. The smallest absolute Gasteiger partial charge is 0.253 e. The maximum Gasteiger partial charge on any atom is 0.253 e. The van der Waals surface area contributed by atoms with Crippen LogP contribution in [0.4, 0.5) is 0 Å². The number of imidazole rings is 1. The molecule has 2 heterocycles. The number of amides is 1. The number of carbonyl (C=O) groups excluding carboxylic acids is 1. The number of aromatic nitrogens is 2. The highest BCUT2D eigenvalue weighted by atomic mass is 16.5. The van der Waals surface area contributed by atoms with Gasteiger partial charge in [0.05, 0.1) is 17.6 Å². The number of carbonyl (C=O) groups is 1. The van der Waals surface area contributed by atoms with Gasteiger partial charge in [-0.3, -0.25) is 4.79 Å². The predicted octanol–water partition coefficient (Wildman–Crippen LogP) is 5.62. The third-order valence-corrected chi connectivity index (χ3v) is 7.41. The van der Waals surface area contributed by atoms with Crippen LogP contribution in [0.3, 0.4) is 0 Å². The van der Waals surface area contributed by atoms with Gasteiger partial charge in [-0.1, -0.05) is 31.4 Å². The SMILES string of the molecule is CCN(CC)C(=O)c1ccc2c(c1)nc(Cc1ccc3c(c1)CCO3)n2CC1CCCCC1.